The van der Waals surface area contributed by atoms with Gasteiger partial charge in [0.05, 0.1) is 0 Å². The summed E-state index contributed by atoms with van der Waals surface area (Å²) in [7, 11) is 0. The van der Waals surface area contributed by atoms with E-state index in [-0.39, 0.29) is 0 Å². The van der Waals surface area contributed by atoms with Gasteiger partial charge in [0.1, 0.15) is 0 Å². The second kappa shape index (κ2) is 4.94. The smallest absolute Gasteiger partial charge is 0.434 e. The van der Waals surface area contributed by atoms with Crippen molar-refractivity contribution >= 4 is 5.97 Å². The predicted octanol–water partition coefficient (Wildman–Crippen LogP) is 2.65. The topological polar surface area (TPSA) is 59.4 Å². The van der Waals surface area contributed by atoms with Crippen LogP contribution in [0.3, 0.4) is 0 Å². The number of ether oxygens (including phenoxy) is 1. The molecule has 0 aromatic carbocycles. The Morgan fingerprint density at radius 3 is 2.16 bits per heavy atom. The third-order valence-corrected chi connectivity index (χ3v) is 1.81. The van der Waals surface area contributed by atoms with Crippen molar-refractivity contribution in [2.24, 2.45) is 0 Å². The lowest BCUT2D eigenvalue weighted by Gasteiger charge is -2.24. The number of halogens is 6. The largest absolute Gasteiger partial charge is 0.476 e. The zero-order valence-electron chi connectivity index (χ0n) is 8.79. The molecule has 4 nitrogen and oxygen atoms in total. The van der Waals surface area contributed by atoms with Gasteiger partial charge in [-0.2, -0.15) is 26.3 Å². The summed E-state index contributed by atoms with van der Waals surface area (Å²) in [5.41, 5.74) is -1.04. The fourth-order valence-electron chi connectivity index (χ4n) is 1.09. The second-order valence-electron chi connectivity index (χ2n) is 3.24. The van der Waals surface area contributed by atoms with Crippen LogP contribution in [0.2, 0.25) is 0 Å². The lowest BCUT2D eigenvalue weighted by atomic mass is 10.3. The number of nitrogens with zero attached hydrogens (tertiary/aromatic N) is 1. The lowest BCUT2D eigenvalue weighted by molar-refractivity contribution is -0.300. The highest BCUT2D eigenvalue weighted by molar-refractivity contribution is 5.88. The Morgan fingerprint density at radius 2 is 1.74 bits per heavy atom. The van der Waals surface area contributed by atoms with Crippen molar-refractivity contribution < 1.29 is 41.0 Å². The number of aromatic nitrogens is 1. The van der Waals surface area contributed by atoms with E-state index in [1.807, 2.05) is 0 Å². The minimum atomic E-state index is -5.73. The highest BCUT2D eigenvalue weighted by Crippen LogP contribution is 2.36. The maximum absolute atomic E-state index is 12.2. The number of carboxylic acid groups (broad SMARTS) is 1. The molecule has 0 spiro atoms. The van der Waals surface area contributed by atoms with Crippen molar-refractivity contribution in [1.82, 2.24) is 4.98 Å². The normalized spacial score (nSPS) is 12.6. The molecular weight excluding hydrogens is 284 g/mol. The van der Waals surface area contributed by atoms with Gasteiger partial charge in [-0.3, -0.25) is 0 Å². The van der Waals surface area contributed by atoms with Crippen LogP contribution in [0.5, 0.6) is 5.75 Å². The first-order chi connectivity index (χ1) is 8.53. The van der Waals surface area contributed by atoms with Gasteiger partial charge in [0.15, 0.2) is 11.4 Å². The van der Waals surface area contributed by atoms with Gasteiger partial charge in [0.25, 0.3) is 6.10 Å². The van der Waals surface area contributed by atoms with Crippen molar-refractivity contribution in [2.75, 3.05) is 0 Å². The monoisotopic (exact) mass is 289 g/mol. The van der Waals surface area contributed by atoms with E-state index in [9.17, 15) is 31.1 Å². The Balaban J connectivity index is 3.15. The van der Waals surface area contributed by atoms with Gasteiger partial charge >= 0.3 is 18.3 Å². The number of alkyl halides is 6. The third kappa shape index (κ3) is 3.73. The predicted molar refractivity (Wildman–Crippen MR) is 47.7 cm³/mol. The molecule has 1 N–H and O–H groups in total. The highest BCUT2D eigenvalue weighted by Gasteiger charge is 2.59. The average Bonchev–Trinajstić information content (AvgIpc) is 2.23. The molecule has 0 fully saturated rings. The van der Waals surface area contributed by atoms with Crippen LogP contribution in [0.1, 0.15) is 10.5 Å². The Bertz CT molecular complexity index is 456. The molecular formula is C9H5F6NO3. The number of aromatic carboxylic acids is 1. The number of carboxylic acids is 1. The number of hydrogen-bond donors (Lipinski definition) is 1. The van der Waals surface area contributed by atoms with Gasteiger partial charge in [-0.25, -0.2) is 9.78 Å². The van der Waals surface area contributed by atoms with Crippen LogP contribution in [0.4, 0.5) is 26.3 Å². The summed E-state index contributed by atoms with van der Waals surface area (Å²) in [5.74, 6) is -2.92. The van der Waals surface area contributed by atoms with E-state index >= 15 is 0 Å². The molecule has 0 bridgehead atoms. The molecule has 0 aliphatic carbocycles. The van der Waals surface area contributed by atoms with Crippen LogP contribution in [0.15, 0.2) is 18.3 Å². The van der Waals surface area contributed by atoms with E-state index in [0.29, 0.717) is 6.07 Å². The zero-order chi connectivity index (χ0) is 14.8. The van der Waals surface area contributed by atoms with E-state index in [4.69, 9.17) is 5.11 Å². The number of pyridine rings is 1. The summed E-state index contributed by atoms with van der Waals surface area (Å²) in [6.45, 7) is 0. The number of rotatable bonds is 3. The molecule has 1 aromatic heterocycles. The summed E-state index contributed by atoms with van der Waals surface area (Å²) >= 11 is 0. The van der Waals surface area contributed by atoms with Crippen LogP contribution in [-0.2, 0) is 0 Å². The molecule has 0 amide bonds. The third-order valence-electron chi connectivity index (χ3n) is 1.81. The second-order valence-corrected chi connectivity index (χ2v) is 3.24. The Kier molecular flexibility index (Phi) is 3.91. The standard InChI is InChI=1S/C9H5F6NO3/c10-8(11,12)7(9(13,14)15)19-4-2-1-3-16-5(4)6(17)18/h1-3,7H,(H,17,18). The van der Waals surface area contributed by atoms with Gasteiger partial charge in [-0.05, 0) is 12.1 Å². The Morgan fingerprint density at radius 1 is 1.21 bits per heavy atom. The summed E-state index contributed by atoms with van der Waals surface area (Å²) in [6.07, 6.45) is -14.7. The minimum Gasteiger partial charge on any atom is -0.476 e. The average molecular weight is 289 g/mol. The van der Waals surface area contributed by atoms with Crippen LogP contribution < -0.4 is 4.74 Å². The fourth-order valence-corrected chi connectivity index (χ4v) is 1.09. The first-order valence-electron chi connectivity index (χ1n) is 4.52. The molecule has 0 saturated carbocycles. The van der Waals surface area contributed by atoms with E-state index in [2.05, 4.69) is 9.72 Å². The van der Waals surface area contributed by atoms with Crippen LogP contribution >= 0.6 is 0 Å². The van der Waals surface area contributed by atoms with Crippen molar-refractivity contribution in [3.8, 4) is 5.75 Å². The van der Waals surface area contributed by atoms with E-state index in [0.717, 1.165) is 12.3 Å². The molecule has 1 heterocycles. The molecule has 19 heavy (non-hydrogen) atoms. The summed E-state index contributed by atoms with van der Waals surface area (Å²) in [5, 5.41) is 8.58. The Labute approximate surface area is 101 Å². The van der Waals surface area contributed by atoms with E-state index in [1.54, 1.807) is 0 Å². The first kappa shape index (κ1) is 15.1. The van der Waals surface area contributed by atoms with Gasteiger partial charge in [-0.15, -0.1) is 0 Å². The number of hydrogen-bond acceptors (Lipinski definition) is 3. The van der Waals surface area contributed by atoms with Crippen LogP contribution in [-0.4, -0.2) is 34.5 Å². The summed E-state index contributed by atoms with van der Waals surface area (Å²) in [4.78, 5) is 13.7. The molecule has 10 heteroatoms. The lowest BCUT2D eigenvalue weighted by Crippen LogP contribution is -2.46. The van der Waals surface area contributed by atoms with Crippen molar-refractivity contribution in [3.05, 3.63) is 24.0 Å². The summed E-state index contributed by atoms with van der Waals surface area (Å²) in [6, 6.07) is 1.60. The minimum absolute atomic E-state index is 0.654. The molecule has 0 aliphatic rings. The van der Waals surface area contributed by atoms with E-state index in [1.165, 1.54) is 0 Å². The Hall–Kier alpha value is -2.00. The zero-order valence-corrected chi connectivity index (χ0v) is 8.79. The van der Waals surface area contributed by atoms with E-state index < -0.39 is 35.9 Å². The molecule has 106 valence electrons. The molecule has 1 rings (SSSR count). The van der Waals surface area contributed by atoms with Crippen LogP contribution in [0, 0.1) is 0 Å². The van der Waals surface area contributed by atoms with Crippen LogP contribution in [0.25, 0.3) is 0 Å². The fraction of sp³-hybridized carbons (Fsp3) is 0.333. The maximum Gasteiger partial charge on any atom is 0.434 e. The van der Waals surface area contributed by atoms with Gasteiger partial charge < -0.3 is 9.84 Å². The summed E-state index contributed by atoms with van der Waals surface area (Å²) < 4.78 is 77.1. The molecule has 0 saturated heterocycles. The number of carbonyl (C=O) groups is 1. The molecule has 0 atom stereocenters. The van der Waals surface area contributed by atoms with Gasteiger partial charge in [0, 0.05) is 6.20 Å². The first-order valence-corrected chi connectivity index (χ1v) is 4.52. The molecule has 0 radical (unpaired) electrons. The highest BCUT2D eigenvalue weighted by atomic mass is 19.4. The van der Waals surface area contributed by atoms with Crippen molar-refractivity contribution in [3.63, 3.8) is 0 Å². The van der Waals surface area contributed by atoms with Gasteiger partial charge in [0.2, 0.25) is 0 Å². The molecule has 1 aromatic rings. The van der Waals surface area contributed by atoms with Gasteiger partial charge in [-0.1, -0.05) is 0 Å². The quantitative estimate of drug-likeness (QED) is 0.869. The van der Waals surface area contributed by atoms with Crippen molar-refractivity contribution in [2.45, 2.75) is 18.5 Å². The molecule has 0 aliphatic heterocycles. The maximum atomic E-state index is 12.2. The SMILES string of the molecule is O=C(O)c1ncccc1OC(C(F)(F)F)C(F)(F)F. The van der Waals surface area contributed by atoms with Crippen molar-refractivity contribution in [1.29, 1.82) is 0 Å². The molecule has 0 unspecified atom stereocenters.